The Labute approximate surface area is 77.9 Å². The summed E-state index contributed by atoms with van der Waals surface area (Å²) in [4.78, 5) is 24.1. The van der Waals surface area contributed by atoms with E-state index >= 15 is 0 Å². The number of pyridine rings is 1. The van der Waals surface area contributed by atoms with Crippen LogP contribution in [0.25, 0.3) is 5.52 Å². The molecule has 0 fully saturated rings. The molecule has 0 atom stereocenters. The van der Waals surface area contributed by atoms with Crippen molar-refractivity contribution in [3.8, 4) is 0 Å². The molecule has 0 N–H and O–H groups in total. The van der Waals surface area contributed by atoms with Gasteiger partial charge < -0.3 is 10.1 Å². The molecule has 0 saturated heterocycles. The van der Waals surface area contributed by atoms with Crippen LogP contribution in [-0.2, 0) is 0 Å². The van der Waals surface area contributed by atoms with Crippen molar-refractivity contribution in [3.05, 3.63) is 40.3 Å². The molecule has 2 heterocycles. The summed E-state index contributed by atoms with van der Waals surface area (Å²) in [5.41, 5.74) is 0.655. The fraction of sp³-hybridized carbons (Fsp3) is 0. The first-order chi connectivity index (χ1) is 6.74. The Kier molecular flexibility index (Phi) is 1.74. The first-order valence-corrected chi connectivity index (χ1v) is 3.79. The van der Waals surface area contributed by atoms with Crippen molar-refractivity contribution in [1.29, 1.82) is 0 Å². The van der Waals surface area contributed by atoms with Gasteiger partial charge in [0.15, 0.2) is 6.29 Å². The zero-order valence-electron chi connectivity index (χ0n) is 6.95. The number of fused-ring (bicyclic) bond motifs is 1. The maximum atomic E-state index is 10.6. The van der Waals surface area contributed by atoms with E-state index in [-0.39, 0.29) is 5.82 Å². The van der Waals surface area contributed by atoms with E-state index in [9.17, 15) is 14.9 Å². The maximum absolute atomic E-state index is 10.6. The Bertz CT molecular complexity index is 518. The van der Waals surface area contributed by atoms with Gasteiger partial charge in [-0.25, -0.2) is 0 Å². The molecule has 0 amide bonds. The molecule has 0 aliphatic carbocycles. The van der Waals surface area contributed by atoms with Crippen molar-refractivity contribution in [2.24, 2.45) is 0 Å². The monoisotopic (exact) mass is 191 g/mol. The SMILES string of the molecule is O=Cc1cccc2c([N+](=O)[O-])ncn12. The molecule has 0 unspecified atom stereocenters. The summed E-state index contributed by atoms with van der Waals surface area (Å²) < 4.78 is 1.38. The predicted octanol–water partition coefficient (Wildman–Crippen LogP) is 1.05. The molecule has 0 spiro atoms. The van der Waals surface area contributed by atoms with E-state index in [1.807, 2.05) is 0 Å². The van der Waals surface area contributed by atoms with E-state index in [2.05, 4.69) is 4.98 Å². The number of carbonyl (C=O) groups excluding carboxylic acids is 1. The van der Waals surface area contributed by atoms with Crippen molar-refractivity contribution in [3.63, 3.8) is 0 Å². The third kappa shape index (κ3) is 1.05. The van der Waals surface area contributed by atoms with E-state index in [1.165, 1.54) is 16.8 Å². The minimum absolute atomic E-state index is 0.242. The van der Waals surface area contributed by atoms with Gasteiger partial charge in [-0.3, -0.25) is 9.20 Å². The number of carbonyl (C=O) groups is 1. The van der Waals surface area contributed by atoms with Gasteiger partial charge in [-0.1, -0.05) is 6.07 Å². The second kappa shape index (κ2) is 2.91. The number of imidazole rings is 1. The van der Waals surface area contributed by atoms with Gasteiger partial charge in [0.2, 0.25) is 6.33 Å². The fourth-order valence-corrected chi connectivity index (χ4v) is 1.26. The Morgan fingerprint density at radius 3 is 2.93 bits per heavy atom. The van der Waals surface area contributed by atoms with Gasteiger partial charge in [0.05, 0.1) is 5.69 Å². The zero-order chi connectivity index (χ0) is 10.1. The normalized spacial score (nSPS) is 10.3. The molecule has 2 rings (SSSR count). The van der Waals surface area contributed by atoms with Crippen LogP contribution in [0.4, 0.5) is 5.82 Å². The van der Waals surface area contributed by atoms with E-state index < -0.39 is 4.92 Å². The summed E-state index contributed by atoms with van der Waals surface area (Å²) in [5, 5.41) is 10.5. The number of aromatic nitrogens is 2. The highest BCUT2D eigenvalue weighted by Gasteiger charge is 2.16. The Hall–Kier alpha value is -2.24. The Morgan fingerprint density at radius 1 is 1.50 bits per heavy atom. The van der Waals surface area contributed by atoms with Crippen LogP contribution < -0.4 is 0 Å². The lowest BCUT2D eigenvalue weighted by atomic mass is 10.3. The molecule has 6 nitrogen and oxygen atoms in total. The Balaban J connectivity index is 2.82. The molecule has 70 valence electrons. The van der Waals surface area contributed by atoms with Crippen LogP contribution >= 0.6 is 0 Å². The molecule has 6 heteroatoms. The van der Waals surface area contributed by atoms with Crippen molar-refractivity contribution < 1.29 is 9.72 Å². The van der Waals surface area contributed by atoms with Crippen LogP contribution in [0, 0.1) is 10.1 Å². The average molecular weight is 191 g/mol. The number of aldehydes is 1. The number of hydrogen-bond acceptors (Lipinski definition) is 4. The quantitative estimate of drug-likeness (QED) is 0.404. The second-order valence-corrected chi connectivity index (χ2v) is 2.65. The number of hydrogen-bond donors (Lipinski definition) is 0. The number of nitrogens with zero attached hydrogens (tertiary/aromatic N) is 3. The minimum atomic E-state index is -0.579. The van der Waals surface area contributed by atoms with Gasteiger partial charge in [-0.05, 0) is 22.0 Å². The van der Waals surface area contributed by atoms with E-state index in [0.29, 0.717) is 17.5 Å². The van der Waals surface area contributed by atoms with Gasteiger partial charge in [-0.15, -0.1) is 0 Å². The van der Waals surface area contributed by atoms with Crippen LogP contribution in [0.3, 0.4) is 0 Å². The van der Waals surface area contributed by atoms with Crippen molar-refractivity contribution >= 4 is 17.6 Å². The summed E-state index contributed by atoms with van der Waals surface area (Å²) in [5.74, 6) is -0.242. The van der Waals surface area contributed by atoms with Crippen LogP contribution in [0.1, 0.15) is 10.5 Å². The lowest BCUT2D eigenvalue weighted by Gasteiger charge is -1.95. The largest absolute Gasteiger partial charge is 0.389 e. The molecule has 0 aliphatic heterocycles. The maximum Gasteiger partial charge on any atom is 0.389 e. The zero-order valence-corrected chi connectivity index (χ0v) is 6.95. The highest BCUT2D eigenvalue weighted by Crippen LogP contribution is 2.17. The van der Waals surface area contributed by atoms with Gasteiger partial charge in [0.1, 0.15) is 5.52 Å². The number of nitro groups is 1. The van der Waals surface area contributed by atoms with E-state index in [4.69, 9.17) is 0 Å². The van der Waals surface area contributed by atoms with E-state index in [1.54, 1.807) is 12.1 Å². The van der Waals surface area contributed by atoms with Crippen LogP contribution in [0.2, 0.25) is 0 Å². The van der Waals surface area contributed by atoms with Gasteiger partial charge >= 0.3 is 5.82 Å². The lowest BCUT2D eigenvalue weighted by Crippen LogP contribution is -1.93. The van der Waals surface area contributed by atoms with Crippen LogP contribution in [0.15, 0.2) is 24.5 Å². The average Bonchev–Trinajstić information content (AvgIpc) is 2.60. The molecular weight excluding hydrogens is 186 g/mol. The van der Waals surface area contributed by atoms with Crippen molar-refractivity contribution in [2.45, 2.75) is 0 Å². The molecule has 0 saturated carbocycles. The van der Waals surface area contributed by atoms with Crippen LogP contribution in [0.5, 0.6) is 0 Å². The second-order valence-electron chi connectivity index (χ2n) is 2.65. The van der Waals surface area contributed by atoms with E-state index in [0.717, 1.165) is 0 Å². The molecular formula is C8H5N3O3. The Morgan fingerprint density at radius 2 is 2.29 bits per heavy atom. The summed E-state index contributed by atoms with van der Waals surface area (Å²) in [7, 11) is 0. The first-order valence-electron chi connectivity index (χ1n) is 3.79. The molecule has 2 aromatic rings. The standard InChI is InChI=1S/C8H5N3O3/c12-4-6-2-1-3-7-8(11(13)14)9-5-10(6)7/h1-5H. The molecule has 0 bridgehead atoms. The fourth-order valence-electron chi connectivity index (χ4n) is 1.26. The van der Waals surface area contributed by atoms with Gasteiger partial charge in [0.25, 0.3) is 0 Å². The molecule has 2 aromatic heterocycles. The molecule has 14 heavy (non-hydrogen) atoms. The summed E-state index contributed by atoms with van der Waals surface area (Å²) in [6.07, 6.45) is 1.88. The van der Waals surface area contributed by atoms with Gasteiger partial charge in [-0.2, -0.15) is 0 Å². The molecule has 0 aromatic carbocycles. The summed E-state index contributed by atoms with van der Waals surface area (Å²) in [6, 6.07) is 4.68. The highest BCUT2D eigenvalue weighted by molar-refractivity contribution is 5.76. The van der Waals surface area contributed by atoms with Crippen LogP contribution in [-0.4, -0.2) is 20.6 Å². The molecule has 0 radical (unpaired) electrons. The third-order valence-electron chi connectivity index (χ3n) is 1.88. The summed E-state index contributed by atoms with van der Waals surface area (Å²) in [6.45, 7) is 0. The summed E-state index contributed by atoms with van der Waals surface area (Å²) >= 11 is 0. The van der Waals surface area contributed by atoms with Crippen molar-refractivity contribution in [1.82, 2.24) is 9.38 Å². The van der Waals surface area contributed by atoms with Gasteiger partial charge in [0, 0.05) is 0 Å². The number of rotatable bonds is 2. The lowest BCUT2D eigenvalue weighted by molar-refractivity contribution is -0.387. The predicted molar refractivity (Wildman–Crippen MR) is 47.2 cm³/mol. The third-order valence-corrected chi connectivity index (χ3v) is 1.88. The van der Waals surface area contributed by atoms with Crippen molar-refractivity contribution in [2.75, 3.05) is 0 Å². The minimum Gasteiger partial charge on any atom is -0.358 e. The first kappa shape index (κ1) is 8.36. The molecule has 0 aliphatic rings. The topological polar surface area (TPSA) is 77.5 Å². The highest BCUT2D eigenvalue weighted by atomic mass is 16.6. The smallest absolute Gasteiger partial charge is 0.358 e.